The molecule has 1 aromatic rings. The molecule has 0 N–H and O–H groups in total. The first kappa shape index (κ1) is 8.92. The second-order valence-electron chi connectivity index (χ2n) is 4.09. The summed E-state index contributed by atoms with van der Waals surface area (Å²) >= 11 is 0. The Morgan fingerprint density at radius 1 is 1.20 bits per heavy atom. The van der Waals surface area contributed by atoms with Crippen molar-refractivity contribution >= 4 is 5.97 Å². The maximum absolute atomic E-state index is 11.6. The quantitative estimate of drug-likeness (QED) is 0.653. The number of hydrogen-bond acceptors (Lipinski definition) is 3. The van der Waals surface area contributed by atoms with E-state index in [4.69, 9.17) is 4.74 Å². The summed E-state index contributed by atoms with van der Waals surface area (Å²) in [6.45, 7) is 2.07. The van der Waals surface area contributed by atoms with E-state index in [1.165, 1.54) is 12.8 Å². The SMILES string of the molecule is O=C1OC(N2CCCC2)c2ccccc21. The van der Waals surface area contributed by atoms with Crippen molar-refractivity contribution in [2.75, 3.05) is 13.1 Å². The van der Waals surface area contributed by atoms with Gasteiger partial charge in [-0.05, 0) is 18.9 Å². The van der Waals surface area contributed by atoms with Crippen LogP contribution < -0.4 is 0 Å². The first-order valence-electron chi connectivity index (χ1n) is 5.40. The Balaban J connectivity index is 1.97. The van der Waals surface area contributed by atoms with Gasteiger partial charge in [-0.1, -0.05) is 18.2 Å². The van der Waals surface area contributed by atoms with Crippen molar-refractivity contribution in [3.63, 3.8) is 0 Å². The molecule has 1 aromatic carbocycles. The highest BCUT2D eigenvalue weighted by Crippen LogP contribution is 2.34. The van der Waals surface area contributed by atoms with Crippen molar-refractivity contribution in [2.45, 2.75) is 19.1 Å². The Kier molecular flexibility index (Phi) is 1.99. The number of hydrogen-bond donors (Lipinski definition) is 0. The zero-order valence-electron chi connectivity index (χ0n) is 8.48. The molecule has 0 aliphatic carbocycles. The predicted octanol–water partition coefficient (Wildman–Crippen LogP) is 1.95. The van der Waals surface area contributed by atoms with Gasteiger partial charge in [0, 0.05) is 18.7 Å². The summed E-state index contributed by atoms with van der Waals surface area (Å²) in [6, 6.07) is 7.67. The van der Waals surface area contributed by atoms with Crippen LogP contribution in [0.3, 0.4) is 0 Å². The number of benzene rings is 1. The standard InChI is InChI=1S/C12H13NO2/c14-12-10-6-2-1-5-9(10)11(15-12)13-7-3-4-8-13/h1-2,5-6,11H,3-4,7-8H2. The first-order valence-corrected chi connectivity index (χ1v) is 5.40. The third-order valence-electron chi connectivity index (χ3n) is 3.14. The first-order chi connectivity index (χ1) is 7.36. The fraction of sp³-hybridized carbons (Fsp3) is 0.417. The summed E-state index contributed by atoms with van der Waals surface area (Å²) in [6.07, 6.45) is 2.28. The van der Waals surface area contributed by atoms with Gasteiger partial charge >= 0.3 is 5.97 Å². The molecule has 3 rings (SSSR count). The number of ether oxygens (including phenoxy) is 1. The van der Waals surface area contributed by atoms with E-state index in [0.29, 0.717) is 0 Å². The van der Waals surface area contributed by atoms with Gasteiger partial charge in [0.05, 0.1) is 5.56 Å². The number of likely N-dealkylation sites (tertiary alicyclic amines) is 1. The van der Waals surface area contributed by atoms with Crippen LogP contribution in [0.5, 0.6) is 0 Å². The number of carbonyl (C=O) groups excluding carboxylic acids is 1. The van der Waals surface area contributed by atoms with E-state index in [1.807, 2.05) is 24.3 Å². The molecule has 78 valence electrons. The van der Waals surface area contributed by atoms with Gasteiger partial charge in [-0.25, -0.2) is 4.79 Å². The van der Waals surface area contributed by atoms with Gasteiger partial charge in [-0.3, -0.25) is 4.90 Å². The highest BCUT2D eigenvalue weighted by atomic mass is 16.6. The molecular formula is C12H13NO2. The van der Waals surface area contributed by atoms with Crippen LogP contribution in [0.25, 0.3) is 0 Å². The maximum atomic E-state index is 11.6. The van der Waals surface area contributed by atoms with E-state index >= 15 is 0 Å². The molecule has 0 bridgehead atoms. The molecule has 3 nitrogen and oxygen atoms in total. The second-order valence-corrected chi connectivity index (χ2v) is 4.09. The third-order valence-corrected chi connectivity index (χ3v) is 3.14. The summed E-state index contributed by atoms with van der Waals surface area (Å²) in [5.74, 6) is -0.178. The maximum Gasteiger partial charge on any atom is 0.340 e. The summed E-state index contributed by atoms with van der Waals surface area (Å²) in [5, 5.41) is 0. The van der Waals surface area contributed by atoms with Gasteiger partial charge < -0.3 is 4.74 Å². The van der Waals surface area contributed by atoms with E-state index in [2.05, 4.69) is 4.90 Å². The van der Waals surface area contributed by atoms with Crippen LogP contribution >= 0.6 is 0 Å². The van der Waals surface area contributed by atoms with Crippen molar-refractivity contribution in [2.24, 2.45) is 0 Å². The van der Waals surface area contributed by atoms with Crippen LogP contribution in [0, 0.1) is 0 Å². The Hall–Kier alpha value is -1.35. The Bertz CT molecular complexity index is 396. The van der Waals surface area contributed by atoms with Crippen LogP contribution in [0.1, 0.15) is 35.0 Å². The van der Waals surface area contributed by atoms with Crippen molar-refractivity contribution in [3.8, 4) is 0 Å². The number of fused-ring (bicyclic) bond motifs is 1. The average Bonchev–Trinajstić information content (AvgIpc) is 2.87. The van der Waals surface area contributed by atoms with E-state index in [0.717, 1.165) is 24.2 Å². The van der Waals surface area contributed by atoms with Crippen molar-refractivity contribution in [3.05, 3.63) is 35.4 Å². The lowest BCUT2D eigenvalue weighted by Gasteiger charge is -2.22. The molecule has 0 saturated carbocycles. The van der Waals surface area contributed by atoms with Gasteiger partial charge in [-0.2, -0.15) is 0 Å². The van der Waals surface area contributed by atoms with Crippen LogP contribution in [-0.2, 0) is 4.74 Å². The smallest absolute Gasteiger partial charge is 0.340 e. The fourth-order valence-corrected chi connectivity index (χ4v) is 2.37. The predicted molar refractivity (Wildman–Crippen MR) is 55.4 cm³/mol. The number of carbonyl (C=O) groups is 1. The van der Waals surface area contributed by atoms with E-state index in [9.17, 15) is 4.79 Å². The minimum atomic E-state index is -0.178. The second kappa shape index (κ2) is 3.35. The average molecular weight is 203 g/mol. The molecule has 15 heavy (non-hydrogen) atoms. The molecule has 2 aliphatic heterocycles. The molecule has 2 heterocycles. The molecule has 0 spiro atoms. The summed E-state index contributed by atoms with van der Waals surface area (Å²) in [4.78, 5) is 13.8. The molecule has 0 amide bonds. The fourth-order valence-electron chi connectivity index (χ4n) is 2.37. The number of rotatable bonds is 1. The number of cyclic esters (lactones) is 1. The number of nitrogens with zero attached hydrogens (tertiary/aromatic N) is 1. The molecule has 3 heteroatoms. The minimum Gasteiger partial charge on any atom is -0.438 e. The van der Waals surface area contributed by atoms with E-state index in [-0.39, 0.29) is 12.2 Å². The molecule has 1 unspecified atom stereocenters. The van der Waals surface area contributed by atoms with Crippen LogP contribution in [0.15, 0.2) is 24.3 Å². The van der Waals surface area contributed by atoms with Crippen LogP contribution in [-0.4, -0.2) is 24.0 Å². The molecule has 1 saturated heterocycles. The molecule has 1 fully saturated rings. The molecular weight excluding hydrogens is 190 g/mol. The van der Waals surface area contributed by atoms with E-state index in [1.54, 1.807) is 0 Å². The van der Waals surface area contributed by atoms with Gasteiger partial charge in [-0.15, -0.1) is 0 Å². The molecule has 0 aromatic heterocycles. The third kappa shape index (κ3) is 1.35. The highest BCUT2D eigenvalue weighted by molar-refractivity contribution is 5.93. The van der Waals surface area contributed by atoms with Gasteiger partial charge in [0.2, 0.25) is 0 Å². The van der Waals surface area contributed by atoms with Crippen LogP contribution in [0.2, 0.25) is 0 Å². The normalized spacial score (nSPS) is 25.3. The Labute approximate surface area is 88.6 Å². The van der Waals surface area contributed by atoms with Crippen molar-refractivity contribution < 1.29 is 9.53 Å². The molecule has 1 atom stereocenters. The van der Waals surface area contributed by atoms with Gasteiger partial charge in [0.1, 0.15) is 0 Å². The number of esters is 1. The van der Waals surface area contributed by atoms with E-state index < -0.39 is 0 Å². The van der Waals surface area contributed by atoms with Crippen molar-refractivity contribution in [1.29, 1.82) is 0 Å². The largest absolute Gasteiger partial charge is 0.438 e. The Morgan fingerprint density at radius 3 is 2.73 bits per heavy atom. The summed E-state index contributed by atoms with van der Waals surface area (Å²) < 4.78 is 5.40. The highest BCUT2D eigenvalue weighted by Gasteiger charge is 2.35. The Morgan fingerprint density at radius 2 is 1.93 bits per heavy atom. The minimum absolute atomic E-state index is 0.129. The van der Waals surface area contributed by atoms with Crippen molar-refractivity contribution in [1.82, 2.24) is 4.90 Å². The monoisotopic (exact) mass is 203 g/mol. The zero-order chi connectivity index (χ0) is 10.3. The summed E-state index contributed by atoms with van der Waals surface area (Å²) in [7, 11) is 0. The zero-order valence-corrected chi connectivity index (χ0v) is 8.48. The van der Waals surface area contributed by atoms with Crippen LogP contribution in [0.4, 0.5) is 0 Å². The lowest BCUT2D eigenvalue weighted by atomic mass is 10.1. The topological polar surface area (TPSA) is 29.5 Å². The molecule has 0 radical (unpaired) electrons. The summed E-state index contributed by atoms with van der Waals surface area (Å²) in [5.41, 5.74) is 1.76. The lowest BCUT2D eigenvalue weighted by Crippen LogP contribution is -2.25. The lowest BCUT2D eigenvalue weighted by molar-refractivity contribution is -0.0135. The van der Waals surface area contributed by atoms with Gasteiger partial charge in [0.15, 0.2) is 6.23 Å². The van der Waals surface area contributed by atoms with Gasteiger partial charge in [0.25, 0.3) is 0 Å². The molecule has 2 aliphatic rings.